The fraction of sp³-hybridized carbons (Fsp3) is 0.293. The molecule has 1 spiro atoms. The lowest BCUT2D eigenvalue weighted by Crippen LogP contribution is -2.37. The minimum absolute atomic E-state index is 0.0656. The van der Waals surface area contributed by atoms with Gasteiger partial charge < -0.3 is 25.2 Å². The molecule has 2 fully saturated rings. The molecule has 0 radical (unpaired) electrons. The van der Waals surface area contributed by atoms with Gasteiger partial charge in [-0.1, -0.05) is 24.3 Å². The van der Waals surface area contributed by atoms with Gasteiger partial charge in [0, 0.05) is 71.5 Å². The topological polar surface area (TPSA) is 117 Å². The van der Waals surface area contributed by atoms with Crippen molar-refractivity contribution >= 4 is 52.0 Å². The highest BCUT2D eigenvalue weighted by molar-refractivity contribution is 7.10. The van der Waals surface area contributed by atoms with Gasteiger partial charge in [-0.05, 0) is 99.7 Å². The van der Waals surface area contributed by atoms with Gasteiger partial charge in [0.05, 0.1) is 23.5 Å². The standard InChI is InChI=1S/C41H42N8O3S/c1-40(2,3)52-39(51)48-22-18-41(27-48)17-21-47(26-41)31-14-12-29(13-15-31)44-38-42-19-16-33(45-38)37-36(46-34-11-4-5-20-49(34)37)28-8-6-9-30(24-28)43-35(50)25-32-10-7-23-53-32/h4-16,19-20,23-24H,17-18,21-22,25-27H2,1-3H3,(H,43,50)(H,42,44,45). The first-order valence-corrected chi connectivity index (χ1v) is 18.8. The number of rotatable bonds is 8. The number of benzene rings is 2. The van der Waals surface area contributed by atoms with E-state index in [0.29, 0.717) is 23.8 Å². The second kappa shape index (κ2) is 14.0. The Kier molecular flexibility index (Phi) is 9.07. The molecule has 0 aliphatic carbocycles. The number of carbonyl (C=O) groups is 2. The first kappa shape index (κ1) is 34.3. The summed E-state index contributed by atoms with van der Waals surface area (Å²) < 4.78 is 7.67. The molecule has 2 aromatic carbocycles. The molecule has 6 heterocycles. The zero-order valence-electron chi connectivity index (χ0n) is 30.1. The van der Waals surface area contributed by atoms with Crippen molar-refractivity contribution in [2.75, 3.05) is 41.7 Å². The third-order valence-corrected chi connectivity index (χ3v) is 10.7. The van der Waals surface area contributed by atoms with E-state index in [1.54, 1.807) is 17.5 Å². The van der Waals surface area contributed by atoms with Crippen LogP contribution in [0.3, 0.4) is 0 Å². The van der Waals surface area contributed by atoms with Crippen molar-refractivity contribution in [2.24, 2.45) is 5.41 Å². The number of hydrogen-bond acceptors (Lipinski definition) is 9. The zero-order chi connectivity index (χ0) is 36.6. The van der Waals surface area contributed by atoms with Gasteiger partial charge >= 0.3 is 6.09 Å². The number of nitrogens with zero attached hydrogens (tertiary/aromatic N) is 6. The van der Waals surface area contributed by atoms with Crippen LogP contribution in [0.4, 0.5) is 27.8 Å². The Bertz CT molecular complexity index is 2260. The number of pyridine rings is 1. The first-order chi connectivity index (χ1) is 25.6. The van der Waals surface area contributed by atoms with E-state index in [-0.39, 0.29) is 17.4 Å². The number of fused-ring (bicyclic) bond motifs is 1. The first-order valence-electron chi connectivity index (χ1n) is 17.9. The smallest absolute Gasteiger partial charge is 0.410 e. The van der Waals surface area contributed by atoms with Crippen LogP contribution < -0.4 is 15.5 Å². The molecule has 6 aromatic rings. The summed E-state index contributed by atoms with van der Waals surface area (Å²) in [7, 11) is 0. The second-order valence-electron chi connectivity index (χ2n) is 14.9. The fourth-order valence-electron chi connectivity index (χ4n) is 7.30. The van der Waals surface area contributed by atoms with Crippen LogP contribution in [-0.2, 0) is 16.0 Å². The van der Waals surface area contributed by atoms with Gasteiger partial charge in [-0.25, -0.2) is 19.7 Å². The molecule has 8 rings (SSSR count). The maximum absolute atomic E-state index is 12.8. The van der Waals surface area contributed by atoms with Crippen LogP contribution in [0.15, 0.2) is 103 Å². The Balaban J connectivity index is 0.978. The van der Waals surface area contributed by atoms with E-state index in [2.05, 4.69) is 44.8 Å². The van der Waals surface area contributed by atoms with Gasteiger partial charge in [-0.3, -0.25) is 9.20 Å². The lowest BCUT2D eigenvalue weighted by molar-refractivity contribution is -0.115. The summed E-state index contributed by atoms with van der Waals surface area (Å²) in [6.45, 7) is 9.06. The van der Waals surface area contributed by atoms with E-state index in [1.165, 1.54) is 0 Å². The highest BCUT2D eigenvalue weighted by Crippen LogP contribution is 2.42. The van der Waals surface area contributed by atoms with E-state index < -0.39 is 5.60 Å². The number of nitrogens with one attached hydrogen (secondary N) is 2. The average molecular weight is 727 g/mol. The van der Waals surface area contributed by atoms with Crippen LogP contribution in [0.5, 0.6) is 0 Å². The highest BCUT2D eigenvalue weighted by Gasteiger charge is 2.45. The Morgan fingerprint density at radius 2 is 1.75 bits per heavy atom. The van der Waals surface area contributed by atoms with Gasteiger partial charge in [0.1, 0.15) is 11.2 Å². The number of ether oxygens (including phenoxy) is 1. The van der Waals surface area contributed by atoms with Crippen molar-refractivity contribution < 1.29 is 14.3 Å². The van der Waals surface area contributed by atoms with Crippen molar-refractivity contribution in [1.82, 2.24) is 24.3 Å². The number of aromatic nitrogens is 4. The van der Waals surface area contributed by atoms with Crippen LogP contribution in [0.1, 0.15) is 38.5 Å². The van der Waals surface area contributed by atoms with Crippen molar-refractivity contribution in [3.63, 3.8) is 0 Å². The van der Waals surface area contributed by atoms with E-state index in [1.807, 2.05) is 102 Å². The Hall–Kier alpha value is -5.75. The molecule has 1 atom stereocenters. The molecule has 0 saturated carbocycles. The summed E-state index contributed by atoms with van der Waals surface area (Å²) >= 11 is 1.57. The average Bonchev–Trinajstić information content (AvgIpc) is 3.96. The van der Waals surface area contributed by atoms with Gasteiger partial charge in [-0.15, -0.1) is 11.3 Å². The normalized spacial score (nSPS) is 17.1. The monoisotopic (exact) mass is 726 g/mol. The van der Waals surface area contributed by atoms with Crippen LogP contribution >= 0.6 is 11.3 Å². The number of likely N-dealkylation sites (tertiary alicyclic amines) is 1. The molecule has 0 bridgehead atoms. The molecular weight excluding hydrogens is 685 g/mol. The number of imidazole rings is 1. The third-order valence-electron chi connectivity index (χ3n) is 9.78. The lowest BCUT2D eigenvalue weighted by atomic mass is 9.86. The van der Waals surface area contributed by atoms with E-state index in [4.69, 9.17) is 14.7 Å². The highest BCUT2D eigenvalue weighted by atomic mass is 32.1. The Morgan fingerprint density at radius 1 is 0.906 bits per heavy atom. The molecule has 2 aliphatic heterocycles. The summed E-state index contributed by atoms with van der Waals surface area (Å²) in [4.78, 5) is 45.3. The second-order valence-corrected chi connectivity index (χ2v) is 15.9. The van der Waals surface area contributed by atoms with Crippen molar-refractivity contribution in [3.8, 4) is 22.6 Å². The molecule has 11 nitrogen and oxygen atoms in total. The maximum atomic E-state index is 12.8. The fourth-order valence-corrected chi connectivity index (χ4v) is 8.01. The van der Waals surface area contributed by atoms with Gasteiger partial charge in [-0.2, -0.15) is 0 Å². The van der Waals surface area contributed by atoms with Crippen molar-refractivity contribution in [2.45, 2.75) is 45.6 Å². The summed E-state index contributed by atoms with van der Waals surface area (Å²) in [5, 5.41) is 8.41. The number of amides is 2. The molecule has 1 unspecified atom stereocenters. The summed E-state index contributed by atoms with van der Waals surface area (Å²) in [5.74, 6) is 0.402. The lowest BCUT2D eigenvalue weighted by Gasteiger charge is -2.27. The van der Waals surface area contributed by atoms with E-state index in [9.17, 15) is 9.59 Å². The SMILES string of the molecule is CC(C)(C)OC(=O)N1CCC2(CCN(c3ccc(Nc4nccc(-c5c(-c6cccc(NC(=O)Cc7cccs7)c6)nc6ccccn56)n4)cc3)C2)C1. The predicted molar refractivity (Wildman–Crippen MR) is 210 cm³/mol. The van der Waals surface area contributed by atoms with E-state index in [0.717, 1.165) is 77.9 Å². The minimum atomic E-state index is -0.494. The van der Waals surface area contributed by atoms with Crippen molar-refractivity contribution in [1.29, 1.82) is 0 Å². The Labute approximate surface area is 312 Å². The number of anilines is 4. The molecule has 12 heteroatoms. The molecule has 270 valence electrons. The summed E-state index contributed by atoms with van der Waals surface area (Å²) in [6, 6.07) is 27.8. The molecule has 53 heavy (non-hydrogen) atoms. The van der Waals surface area contributed by atoms with Crippen LogP contribution in [0, 0.1) is 5.41 Å². The van der Waals surface area contributed by atoms with E-state index >= 15 is 0 Å². The molecule has 2 aliphatic rings. The maximum Gasteiger partial charge on any atom is 0.410 e. The number of hydrogen-bond donors (Lipinski definition) is 2. The van der Waals surface area contributed by atoms with Crippen LogP contribution in [0.2, 0.25) is 0 Å². The molecule has 4 aromatic heterocycles. The molecule has 2 saturated heterocycles. The van der Waals surface area contributed by atoms with Gasteiger partial charge in [0.2, 0.25) is 11.9 Å². The summed E-state index contributed by atoms with van der Waals surface area (Å²) in [5.41, 5.74) is 6.26. The predicted octanol–water partition coefficient (Wildman–Crippen LogP) is 8.28. The Morgan fingerprint density at radius 3 is 2.57 bits per heavy atom. The van der Waals surface area contributed by atoms with Gasteiger partial charge in [0.25, 0.3) is 0 Å². The third kappa shape index (κ3) is 7.59. The van der Waals surface area contributed by atoms with Crippen molar-refractivity contribution in [3.05, 3.63) is 108 Å². The number of carbonyl (C=O) groups excluding carboxylic acids is 2. The quantitative estimate of drug-likeness (QED) is 0.161. The number of thiophene rings is 1. The van der Waals surface area contributed by atoms with Crippen LogP contribution in [-0.4, -0.2) is 68.0 Å². The summed E-state index contributed by atoms with van der Waals surface area (Å²) in [6.07, 6.45) is 5.88. The largest absolute Gasteiger partial charge is 0.444 e. The molecule has 2 amide bonds. The van der Waals surface area contributed by atoms with Crippen LogP contribution in [0.25, 0.3) is 28.3 Å². The zero-order valence-corrected chi connectivity index (χ0v) is 30.9. The molecule has 2 N–H and O–H groups in total. The minimum Gasteiger partial charge on any atom is -0.444 e. The van der Waals surface area contributed by atoms with Gasteiger partial charge in [0.15, 0.2) is 0 Å². The molecular formula is C41H42N8O3S.